The fraction of sp³-hybridized carbons (Fsp3) is 0.158. The third-order valence-corrected chi connectivity index (χ3v) is 4.35. The third-order valence-electron chi connectivity index (χ3n) is 4.35. The zero-order valence-corrected chi connectivity index (χ0v) is 14.5. The van der Waals surface area contributed by atoms with Crippen LogP contribution in [0, 0.1) is 18.6 Å². The van der Waals surface area contributed by atoms with E-state index in [4.69, 9.17) is 4.74 Å². The van der Waals surface area contributed by atoms with Gasteiger partial charge in [0.2, 0.25) is 6.29 Å². The van der Waals surface area contributed by atoms with Crippen LogP contribution in [0.2, 0.25) is 0 Å². The summed E-state index contributed by atoms with van der Waals surface area (Å²) in [6.07, 6.45) is 1.65. The summed E-state index contributed by atoms with van der Waals surface area (Å²) in [5.74, 6) is -1.34. The normalized spacial score (nSPS) is 16.7. The lowest BCUT2D eigenvalue weighted by Crippen LogP contribution is -2.30. The molecule has 0 fully saturated rings. The number of aliphatic imine (C=N–C) groups is 1. The van der Waals surface area contributed by atoms with Gasteiger partial charge in [0.1, 0.15) is 11.6 Å². The maximum atomic E-state index is 13.9. The Morgan fingerprint density at radius 2 is 1.74 bits per heavy atom. The van der Waals surface area contributed by atoms with Crippen molar-refractivity contribution in [3.8, 4) is 5.75 Å². The molecule has 1 aliphatic heterocycles. The van der Waals surface area contributed by atoms with Crippen LogP contribution in [0.4, 0.5) is 18.9 Å². The average Bonchev–Trinajstić information content (AvgIpc) is 2.97. The molecular weight excluding hydrogens is 357 g/mol. The summed E-state index contributed by atoms with van der Waals surface area (Å²) in [6, 6.07) is 9.10. The summed E-state index contributed by atoms with van der Waals surface area (Å²) in [7, 11) is 1.55. The smallest absolute Gasteiger partial charge is 0.208 e. The molecule has 0 saturated heterocycles. The fourth-order valence-corrected chi connectivity index (χ4v) is 3.10. The van der Waals surface area contributed by atoms with E-state index in [1.807, 2.05) is 0 Å². The van der Waals surface area contributed by atoms with Crippen molar-refractivity contribution < 1.29 is 17.9 Å². The van der Waals surface area contributed by atoms with E-state index in [-0.39, 0.29) is 0 Å². The van der Waals surface area contributed by atoms with E-state index in [9.17, 15) is 13.2 Å². The van der Waals surface area contributed by atoms with Crippen LogP contribution in [0.15, 0.2) is 53.4 Å². The minimum absolute atomic E-state index is 0.298. The van der Waals surface area contributed by atoms with Gasteiger partial charge in [-0.1, -0.05) is 0 Å². The van der Waals surface area contributed by atoms with E-state index in [0.29, 0.717) is 28.3 Å². The SMILES string of the molecule is COc1ccc(N2C=C(F)C=NC2n2c(C)nc3cc(F)c(F)cc32)cc1. The first-order valence-electron chi connectivity index (χ1n) is 8.14. The Hall–Kier alpha value is -3.29. The molecule has 27 heavy (non-hydrogen) atoms. The molecule has 0 N–H and O–H groups in total. The number of imidazole rings is 1. The number of allylic oxidation sites excluding steroid dienone is 1. The number of benzene rings is 2. The predicted molar refractivity (Wildman–Crippen MR) is 96.6 cm³/mol. The van der Waals surface area contributed by atoms with E-state index in [2.05, 4.69) is 9.98 Å². The molecule has 4 rings (SSSR count). The first-order valence-corrected chi connectivity index (χ1v) is 8.14. The number of rotatable bonds is 3. The van der Waals surface area contributed by atoms with Crippen molar-refractivity contribution in [3.63, 3.8) is 0 Å². The molecule has 0 spiro atoms. The quantitative estimate of drug-likeness (QED) is 0.680. The summed E-state index contributed by atoms with van der Waals surface area (Å²) < 4.78 is 48.1. The van der Waals surface area contributed by atoms with Gasteiger partial charge in [0.25, 0.3) is 0 Å². The molecule has 1 aromatic heterocycles. The number of aromatic nitrogens is 2. The second kappa shape index (κ2) is 6.46. The zero-order chi connectivity index (χ0) is 19.1. The summed E-state index contributed by atoms with van der Waals surface area (Å²) in [4.78, 5) is 10.1. The second-order valence-corrected chi connectivity index (χ2v) is 6.03. The van der Waals surface area contributed by atoms with Crippen LogP contribution < -0.4 is 9.64 Å². The Morgan fingerprint density at radius 3 is 2.44 bits per heavy atom. The molecule has 2 heterocycles. The number of anilines is 1. The number of fused-ring (bicyclic) bond motifs is 1. The maximum absolute atomic E-state index is 13.9. The van der Waals surface area contributed by atoms with Crippen LogP contribution >= 0.6 is 0 Å². The molecule has 1 unspecified atom stereocenters. The van der Waals surface area contributed by atoms with Gasteiger partial charge in [-0.3, -0.25) is 4.57 Å². The molecule has 0 aliphatic carbocycles. The van der Waals surface area contributed by atoms with E-state index < -0.39 is 23.8 Å². The highest BCUT2D eigenvalue weighted by atomic mass is 19.2. The van der Waals surface area contributed by atoms with Crippen LogP contribution in [0.25, 0.3) is 11.0 Å². The number of aryl methyl sites for hydroxylation is 1. The number of halogens is 3. The van der Waals surface area contributed by atoms with Gasteiger partial charge in [0, 0.05) is 24.0 Å². The van der Waals surface area contributed by atoms with E-state index in [1.165, 1.54) is 6.20 Å². The summed E-state index contributed by atoms with van der Waals surface area (Å²) >= 11 is 0. The largest absolute Gasteiger partial charge is 0.497 e. The van der Waals surface area contributed by atoms with Gasteiger partial charge >= 0.3 is 0 Å². The van der Waals surface area contributed by atoms with Gasteiger partial charge in [0.05, 0.1) is 24.4 Å². The monoisotopic (exact) mass is 372 g/mol. The maximum Gasteiger partial charge on any atom is 0.208 e. The lowest BCUT2D eigenvalue weighted by Gasteiger charge is -2.31. The Labute approximate surface area is 153 Å². The number of hydrogen-bond acceptors (Lipinski definition) is 4. The fourth-order valence-electron chi connectivity index (χ4n) is 3.10. The highest BCUT2D eigenvalue weighted by molar-refractivity contribution is 5.80. The highest BCUT2D eigenvalue weighted by Gasteiger charge is 2.26. The van der Waals surface area contributed by atoms with E-state index >= 15 is 0 Å². The predicted octanol–water partition coefficient (Wildman–Crippen LogP) is 4.49. The molecule has 1 aliphatic rings. The van der Waals surface area contributed by atoms with Crippen molar-refractivity contribution in [2.75, 3.05) is 12.0 Å². The van der Waals surface area contributed by atoms with Crippen molar-refractivity contribution in [2.24, 2.45) is 4.99 Å². The summed E-state index contributed by atoms with van der Waals surface area (Å²) in [6.45, 7) is 1.70. The van der Waals surface area contributed by atoms with E-state index in [1.54, 1.807) is 47.8 Å². The van der Waals surface area contributed by atoms with Crippen LogP contribution in [-0.4, -0.2) is 22.9 Å². The molecule has 3 aromatic rings. The summed E-state index contributed by atoms with van der Waals surface area (Å²) in [5, 5.41) is 0. The molecule has 8 heteroatoms. The molecule has 0 radical (unpaired) electrons. The molecule has 1 atom stereocenters. The minimum Gasteiger partial charge on any atom is -0.497 e. The van der Waals surface area contributed by atoms with Crippen molar-refractivity contribution >= 4 is 22.9 Å². The van der Waals surface area contributed by atoms with Crippen LogP contribution in [-0.2, 0) is 0 Å². The highest BCUT2D eigenvalue weighted by Crippen LogP contribution is 2.33. The van der Waals surface area contributed by atoms with Crippen LogP contribution in [0.1, 0.15) is 12.1 Å². The van der Waals surface area contributed by atoms with Crippen molar-refractivity contribution in [1.82, 2.24) is 9.55 Å². The van der Waals surface area contributed by atoms with Crippen molar-refractivity contribution in [3.05, 3.63) is 65.9 Å². The molecular formula is C19H15F3N4O. The number of methoxy groups -OCH3 is 1. The number of nitrogens with zero attached hydrogens (tertiary/aromatic N) is 4. The minimum atomic E-state index is -0.985. The van der Waals surface area contributed by atoms with E-state index in [0.717, 1.165) is 18.3 Å². The third kappa shape index (κ3) is 2.92. The molecule has 0 amide bonds. The molecule has 0 bridgehead atoms. The second-order valence-electron chi connectivity index (χ2n) is 6.03. The Morgan fingerprint density at radius 1 is 1.04 bits per heavy atom. The van der Waals surface area contributed by atoms with Crippen molar-refractivity contribution in [2.45, 2.75) is 13.2 Å². The standard InChI is InChI=1S/C19H15F3N4O/c1-11-24-17-7-15(21)16(22)8-18(17)26(11)19-23-9-12(20)10-25(19)13-3-5-14(27-2)6-4-13/h3-10,19H,1-2H3. The Balaban J connectivity index is 1.86. The number of ether oxygens (including phenoxy) is 1. The van der Waals surface area contributed by atoms with Crippen LogP contribution in [0.5, 0.6) is 5.75 Å². The van der Waals surface area contributed by atoms with Crippen LogP contribution in [0.3, 0.4) is 0 Å². The molecule has 138 valence electrons. The number of hydrogen-bond donors (Lipinski definition) is 0. The van der Waals surface area contributed by atoms with Gasteiger partial charge in [-0.2, -0.15) is 0 Å². The average molecular weight is 372 g/mol. The summed E-state index contributed by atoms with van der Waals surface area (Å²) in [5.41, 5.74) is 1.31. The van der Waals surface area contributed by atoms with Crippen molar-refractivity contribution in [1.29, 1.82) is 0 Å². The lowest BCUT2D eigenvalue weighted by molar-refractivity contribution is 0.414. The van der Waals surface area contributed by atoms with Gasteiger partial charge < -0.3 is 9.64 Å². The molecule has 5 nitrogen and oxygen atoms in total. The lowest BCUT2D eigenvalue weighted by atomic mass is 10.2. The Bertz CT molecular complexity index is 1070. The Kier molecular flexibility index (Phi) is 4.10. The zero-order valence-electron chi connectivity index (χ0n) is 14.5. The first-order chi connectivity index (χ1) is 13.0. The topological polar surface area (TPSA) is 42.6 Å². The van der Waals surface area contributed by atoms with Gasteiger partial charge in [-0.15, -0.1) is 0 Å². The molecule has 0 saturated carbocycles. The van der Waals surface area contributed by atoms with Gasteiger partial charge in [-0.05, 0) is 31.2 Å². The van der Waals surface area contributed by atoms with Gasteiger partial charge in [-0.25, -0.2) is 23.1 Å². The first kappa shape index (κ1) is 17.1. The molecule has 2 aromatic carbocycles. The van der Waals surface area contributed by atoms with Gasteiger partial charge in [0.15, 0.2) is 17.5 Å².